The Labute approximate surface area is 99.7 Å². The molecule has 1 fully saturated rings. The van der Waals surface area contributed by atoms with Crippen LogP contribution in [0.1, 0.15) is 33.6 Å². The minimum Gasteiger partial charge on any atom is -0.444 e. The van der Waals surface area contributed by atoms with Gasteiger partial charge in [0.05, 0.1) is 6.10 Å². The number of halogens is 2. The molecule has 4 nitrogen and oxygen atoms in total. The number of hydrogen-bond donors (Lipinski definition) is 1. The first-order chi connectivity index (χ1) is 7.76. The molecule has 1 N–H and O–H groups in total. The van der Waals surface area contributed by atoms with Gasteiger partial charge in [0.25, 0.3) is 6.43 Å². The molecule has 1 amide bonds. The molecule has 0 saturated heterocycles. The van der Waals surface area contributed by atoms with E-state index in [1.807, 2.05) is 0 Å². The molecule has 100 valence electrons. The lowest BCUT2D eigenvalue weighted by atomic mass is 9.89. The van der Waals surface area contributed by atoms with Crippen LogP contribution in [0.2, 0.25) is 0 Å². The van der Waals surface area contributed by atoms with Gasteiger partial charge in [-0.25, -0.2) is 13.6 Å². The molecule has 1 aliphatic rings. The van der Waals surface area contributed by atoms with E-state index in [2.05, 4.69) is 5.32 Å². The topological polar surface area (TPSA) is 47.6 Å². The quantitative estimate of drug-likeness (QED) is 0.834. The van der Waals surface area contributed by atoms with Crippen molar-refractivity contribution in [2.45, 2.75) is 57.8 Å². The average molecular weight is 251 g/mol. The third-order valence-corrected chi connectivity index (χ3v) is 2.27. The number of carbonyl (C=O) groups is 1. The highest BCUT2D eigenvalue weighted by molar-refractivity contribution is 5.68. The van der Waals surface area contributed by atoms with Gasteiger partial charge < -0.3 is 14.8 Å². The standard InChI is InChI=1S/C11H19F2NO3/c1-11(2,3)17-10(15)14-7-4-8(5-7)16-6-9(12)13/h7-9H,4-6H2,1-3H3,(H,14,15)/t7-,8-. The highest BCUT2D eigenvalue weighted by Gasteiger charge is 2.32. The van der Waals surface area contributed by atoms with Crippen molar-refractivity contribution in [3.8, 4) is 0 Å². The van der Waals surface area contributed by atoms with Crippen LogP contribution in [0, 0.1) is 0 Å². The molecule has 0 unspecified atom stereocenters. The number of hydrogen-bond acceptors (Lipinski definition) is 3. The third-order valence-electron chi connectivity index (χ3n) is 2.27. The summed E-state index contributed by atoms with van der Waals surface area (Å²) in [7, 11) is 0. The Hall–Kier alpha value is -0.910. The number of amides is 1. The van der Waals surface area contributed by atoms with Crippen LogP contribution < -0.4 is 5.32 Å². The number of carbonyl (C=O) groups excluding carboxylic acids is 1. The van der Waals surface area contributed by atoms with E-state index in [1.54, 1.807) is 20.8 Å². The molecule has 0 aromatic rings. The summed E-state index contributed by atoms with van der Waals surface area (Å²) in [6.45, 7) is 4.80. The predicted octanol–water partition coefficient (Wildman–Crippen LogP) is 2.32. The van der Waals surface area contributed by atoms with Gasteiger partial charge in [0, 0.05) is 6.04 Å². The largest absolute Gasteiger partial charge is 0.444 e. The van der Waals surface area contributed by atoms with E-state index < -0.39 is 24.7 Å². The number of rotatable bonds is 4. The van der Waals surface area contributed by atoms with E-state index in [9.17, 15) is 13.6 Å². The summed E-state index contributed by atoms with van der Waals surface area (Å²) < 4.78 is 33.6. The van der Waals surface area contributed by atoms with Gasteiger partial charge in [-0.3, -0.25) is 0 Å². The van der Waals surface area contributed by atoms with Gasteiger partial charge in [0.1, 0.15) is 12.2 Å². The Morgan fingerprint density at radius 1 is 1.41 bits per heavy atom. The summed E-state index contributed by atoms with van der Waals surface area (Å²) in [4.78, 5) is 11.3. The molecule has 0 atom stereocenters. The third kappa shape index (κ3) is 5.81. The molecular weight excluding hydrogens is 232 g/mol. The zero-order valence-electron chi connectivity index (χ0n) is 10.3. The van der Waals surface area contributed by atoms with Gasteiger partial charge in [-0.1, -0.05) is 0 Å². The molecule has 0 heterocycles. The molecule has 17 heavy (non-hydrogen) atoms. The highest BCUT2D eigenvalue weighted by Crippen LogP contribution is 2.24. The fraction of sp³-hybridized carbons (Fsp3) is 0.909. The van der Waals surface area contributed by atoms with Crippen LogP contribution >= 0.6 is 0 Å². The Bertz CT molecular complexity index is 260. The molecule has 0 aromatic carbocycles. The van der Waals surface area contributed by atoms with Crippen molar-refractivity contribution in [3.05, 3.63) is 0 Å². The number of nitrogens with one attached hydrogen (secondary N) is 1. The van der Waals surface area contributed by atoms with Crippen LogP contribution in [0.4, 0.5) is 13.6 Å². The van der Waals surface area contributed by atoms with Crippen LogP contribution in [-0.4, -0.2) is 36.9 Å². The van der Waals surface area contributed by atoms with Gasteiger partial charge in [-0.05, 0) is 33.6 Å². The maximum Gasteiger partial charge on any atom is 0.407 e. The first-order valence-corrected chi connectivity index (χ1v) is 5.65. The Morgan fingerprint density at radius 3 is 2.47 bits per heavy atom. The van der Waals surface area contributed by atoms with Crippen LogP contribution in [0.5, 0.6) is 0 Å². The van der Waals surface area contributed by atoms with Crippen LogP contribution in [0.3, 0.4) is 0 Å². The Kier molecular flexibility index (Phi) is 4.68. The second-order valence-corrected chi connectivity index (χ2v) is 5.16. The minimum absolute atomic E-state index is 0.0347. The Morgan fingerprint density at radius 2 is 2.00 bits per heavy atom. The summed E-state index contributed by atoms with van der Waals surface area (Å²) in [5.41, 5.74) is -0.528. The molecule has 1 aliphatic carbocycles. The SMILES string of the molecule is CC(C)(C)OC(=O)N[C@H]1C[C@H](OCC(F)F)C1. The zero-order valence-corrected chi connectivity index (χ0v) is 10.3. The van der Waals surface area contributed by atoms with E-state index >= 15 is 0 Å². The van der Waals surface area contributed by atoms with E-state index in [-0.39, 0.29) is 12.1 Å². The van der Waals surface area contributed by atoms with Gasteiger partial charge >= 0.3 is 6.09 Å². The Balaban J connectivity index is 2.11. The predicted molar refractivity (Wildman–Crippen MR) is 58.1 cm³/mol. The number of alkyl carbamates (subject to hydrolysis) is 1. The second-order valence-electron chi connectivity index (χ2n) is 5.16. The van der Waals surface area contributed by atoms with E-state index in [1.165, 1.54) is 0 Å². The molecule has 1 rings (SSSR count). The molecule has 0 radical (unpaired) electrons. The fourth-order valence-electron chi connectivity index (χ4n) is 1.50. The van der Waals surface area contributed by atoms with E-state index in [0.29, 0.717) is 12.8 Å². The van der Waals surface area contributed by atoms with Gasteiger partial charge in [0.15, 0.2) is 0 Å². The van der Waals surface area contributed by atoms with E-state index in [0.717, 1.165) is 0 Å². The lowest BCUT2D eigenvalue weighted by molar-refractivity contribution is -0.0645. The summed E-state index contributed by atoms with van der Waals surface area (Å²) >= 11 is 0. The minimum atomic E-state index is -2.44. The molecule has 0 spiro atoms. The van der Waals surface area contributed by atoms with Crippen molar-refractivity contribution in [2.75, 3.05) is 6.61 Å². The first-order valence-electron chi connectivity index (χ1n) is 5.65. The van der Waals surface area contributed by atoms with E-state index in [4.69, 9.17) is 9.47 Å². The van der Waals surface area contributed by atoms with Gasteiger partial charge in [-0.15, -0.1) is 0 Å². The van der Waals surface area contributed by atoms with Crippen LogP contribution in [-0.2, 0) is 9.47 Å². The first kappa shape index (κ1) is 14.2. The summed E-state index contributed by atoms with van der Waals surface area (Å²) in [6.07, 6.45) is -1.97. The van der Waals surface area contributed by atoms with Crippen LogP contribution in [0.25, 0.3) is 0 Å². The number of ether oxygens (including phenoxy) is 2. The molecule has 0 bridgehead atoms. The second kappa shape index (κ2) is 5.62. The molecule has 1 saturated carbocycles. The molecule has 0 aliphatic heterocycles. The summed E-state index contributed by atoms with van der Waals surface area (Å²) in [5, 5.41) is 2.66. The van der Waals surface area contributed by atoms with Crippen molar-refractivity contribution in [1.29, 1.82) is 0 Å². The lowest BCUT2D eigenvalue weighted by Gasteiger charge is -2.35. The average Bonchev–Trinajstić information content (AvgIpc) is 2.04. The number of alkyl halides is 2. The maximum absolute atomic E-state index is 11.8. The molecule has 6 heteroatoms. The fourth-order valence-corrected chi connectivity index (χ4v) is 1.50. The summed E-state index contributed by atoms with van der Waals surface area (Å²) in [6, 6.07) is -0.0347. The van der Waals surface area contributed by atoms with Crippen molar-refractivity contribution < 1.29 is 23.0 Å². The molecular formula is C11H19F2NO3. The maximum atomic E-state index is 11.8. The normalized spacial score (nSPS) is 24.4. The van der Waals surface area contributed by atoms with Crippen molar-refractivity contribution in [2.24, 2.45) is 0 Å². The van der Waals surface area contributed by atoms with Gasteiger partial charge in [0.2, 0.25) is 0 Å². The lowest BCUT2D eigenvalue weighted by Crippen LogP contribution is -2.49. The summed E-state index contributed by atoms with van der Waals surface area (Å²) in [5.74, 6) is 0. The zero-order chi connectivity index (χ0) is 13.1. The van der Waals surface area contributed by atoms with Gasteiger partial charge in [-0.2, -0.15) is 0 Å². The van der Waals surface area contributed by atoms with Crippen molar-refractivity contribution >= 4 is 6.09 Å². The van der Waals surface area contributed by atoms with Crippen LogP contribution in [0.15, 0.2) is 0 Å². The van der Waals surface area contributed by atoms with Crippen molar-refractivity contribution in [3.63, 3.8) is 0 Å². The smallest absolute Gasteiger partial charge is 0.407 e. The molecule has 0 aromatic heterocycles. The monoisotopic (exact) mass is 251 g/mol. The highest BCUT2D eigenvalue weighted by atomic mass is 19.3. The van der Waals surface area contributed by atoms with Crippen molar-refractivity contribution in [1.82, 2.24) is 5.32 Å².